The Bertz CT molecular complexity index is 700. The summed E-state index contributed by atoms with van der Waals surface area (Å²) in [6.45, 7) is 0. The van der Waals surface area contributed by atoms with Crippen LogP contribution in [0, 0.1) is 5.82 Å². The van der Waals surface area contributed by atoms with Crippen molar-refractivity contribution in [3.8, 4) is 5.75 Å². The lowest BCUT2D eigenvalue weighted by Gasteiger charge is -2.08. The van der Waals surface area contributed by atoms with Crippen molar-refractivity contribution < 1.29 is 17.5 Å². The first-order valence-corrected chi connectivity index (χ1v) is 8.13. The van der Waals surface area contributed by atoms with E-state index in [-0.39, 0.29) is 15.6 Å². The zero-order chi connectivity index (χ0) is 14.0. The van der Waals surface area contributed by atoms with Crippen LogP contribution in [0.2, 0.25) is 0 Å². The lowest BCUT2D eigenvalue weighted by atomic mass is 10.3. The van der Waals surface area contributed by atoms with E-state index >= 15 is 0 Å². The smallest absolute Gasteiger partial charge is 0.271 e. The van der Waals surface area contributed by atoms with Crippen molar-refractivity contribution in [2.75, 3.05) is 11.8 Å². The molecule has 0 aliphatic rings. The van der Waals surface area contributed by atoms with Gasteiger partial charge in [-0.25, -0.2) is 12.8 Å². The Balaban J connectivity index is 2.32. The number of sulfonamides is 1. The predicted octanol–water partition coefficient (Wildman–Crippen LogP) is 3.46. The maximum atomic E-state index is 13.3. The minimum atomic E-state index is -3.72. The third-order valence-corrected chi connectivity index (χ3v) is 5.67. The Morgan fingerprint density at radius 2 is 2.05 bits per heavy atom. The largest absolute Gasteiger partial charge is 0.497 e. The standard InChI is InChI=1S/C11H9BrFNO3S2/c1-17-9-5-7(13)4-8(6-9)14-19(15,16)11-3-2-10(12)18-11/h2-6,14H,1H3. The van der Waals surface area contributed by atoms with Crippen LogP contribution in [0.25, 0.3) is 0 Å². The fourth-order valence-electron chi connectivity index (χ4n) is 1.39. The van der Waals surface area contributed by atoms with E-state index in [2.05, 4.69) is 20.7 Å². The predicted molar refractivity (Wildman–Crippen MR) is 75.8 cm³/mol. The molecule has 0 bridgehead atoms. The molecule has 0 aliphatic carbocycles. The first kappa shape index (κ1) is 14.3. The number of anilines is 1. The van der Waals surface area contributed by atoms with Crippen molar-refractivity contribution in [3.05, 3.63) is 39.9 Å². The van der Waals surface area contributed by atoms with Gasteiger partial charge < -0.3 is 4.74 Å². The molecule has 0 saturated heterocycles. The van der Waals surface area contributed by atoms with E-state index in [1.807, 2.05) is 0 Å². The normalized spacial score (nSPS) is 11.3. The molecule has 4 nitrogen and oxygen atoms in total. The monoisotopic (exact) mass is 365 g/mol. The molecule has 0 unspecified atom stereocenters. The Labute approximate surface area is 122 Å². The van der Waals surface area contributed by atoms with Crippen LogP contribution >= 0.6 is 27.3 Å². The second-order valence-corrected chi connectivity index (χ2v) is 7.92. The average Bonchev–Trinajstić information content (AvgIpc) is 2.75. The molecular formula is C11H9BrFNO3S2. The topological polar surface area (TPSA) is 55.4 Å². The highest BCUT2D eigenvalue weighted by atomic mass is 79.9. The molecule has 0 saturated carbocycles. The van der Waals surface area contributed by atoms with Gasteiger partial charge in [-0.1, -0.05) is 0 Å². The van der Waals surface area contributed by atoms with Gasteiger partial charge in [-0.2, -0.15) is 0 Å². The summed E-state index contributed by atoms with van der Waals surface area (Å²) in [4.78, 5) is 0. The molecule has 2 aromatic rings. The minimum Gasteiger partial charge on any atom is -0.497 e. The molecule has 0 atom stereocenters. The first-order chi connectivity index (χ1) is 8.90. The van der Waals surface area contributed by atoms with Gasteiger partial charge in [0.15, 0.2) is 0 Å². The third kappa shape index (κ3) is 3.46. The molecule has 0 radical (unpaired) electrons. The van der Waals surface area contributed by atoms with E-state index in [0.29, 0.717) is 3.79 Å². The maximum absolute atomic E-state index is 13.3. The van der Waals surface area contributed by atoms with E-state index < -0.39 is 15.8 Å². The van der Waals surface area contributed by atoms with Crippen LogP contribution in [0.1, 0.15) is 0 Å². The van der Waals surface area contributed by atoms with Gasteiger partial charge in [0.05, 0.1) is 16.6 Å². The zero-order valence-corrected chi connectivity index (χ0v) is 12.9. The number of rotatable bonds is 4. The highest BCUT2D eigenvalue weighted by molar-refractivity contribution is 9.11. The van der Waals surface area contributed by atoms with Gasteiger partial charge in [0.2, 0.25) is 0 Å². The molecular weight excluding hydrogens is 357 g/mol. The van der Waals surface area contributed by atoms with Crippen LogP contribution in [0.15, 0.2) is 38.3 Å². The molecule has 0 amide bonds. The van der Waals surface area contributed by atoms with E-state index in [4.69, 9.17) is 4.74 Å². The lowest BCUT2D eigenvalue weighted by Crippen LogP contribution is -2.11. The Morgan fingerprint density at radius 3 is 2.63 bits per heavy atom. The molecule has 102 valence electrons. The van der Waals surface area contributed by atoms with Crippen LogP contribution in [0.4, 0.5) is 10.1 Å². The molecule has 1 aromatic carbocycles. The van der Waals surface area contributed by atoms with Crippen molar-refractivity contribution in [3.63, 3.8) is 0 Å². The molecule has 0 spiro atoms. The third-order valence-electron chi connectivity index (χ3n) is 2.17. The van der Waals surface area contributed by atoms with Crippen molar-refractivity contribution in [2.24, 2.45) is 0 Å². The summed E-state index contributed by atoms with van der Waals surface area (Å²) in [5, 5.41) is 0. The molecule has 1 N–H and O–H groups in total. The highest BCUT2D eigenvalue weighted by Crippen LogP contribution is 2.28. The second kappa shape index (κ2) is 5.48. The maximum Gasteiger partial charge on any atom is 0.271 e. The molecule has 19 heavy (non-hydrogen) atoms. The summed E-state index contributed by atoms with van der Waals surface area (Å²) >= 11 is 4.26. The van der Waals surface area contributed by atoms with Crippen LogP contribution < -0.4 is 9.46 Å². The number of thiophene rings is 1. The fourth-order valence-corrected chi connectivity index (χ4v) is 4.44. The SMILES string of the molecule is COc1cc(F)cc(NS(=O)(=O)c2ccc(Br)s2)c1. The summed E-state index contributed by atoms with van der Waals surface area (Å²) in [5.74, 6) is -0.338. The second-order valence-electron chi connectivity index (χ2n) is 3.54. The van der Waals surface area contributed by atoms with Gasteiger partial charge in [-0.05, 0) is 34.1 Å². The lowest BCUT2D eigenvalue weighted by molar-refractivity contribution is 0.411. The van der Waals surface area contributed by atoms with Gasteiger partial charge in [-0.3, -0.25) is 4.72 Å². The minimum absolute atomic E-state index is 0.112. The van der Waals surface area contributed by atoms with Gasteiger partial charge in [0, 0.05) is 12.1 Å². The number of hydrogen-bond acceptors (Lipinski definition) is 4. The molecule has 1 heterocycles. The van der Waals surface area contributed by atoms with Crippen LogP contribution in [0.5, 0.6) is 5.75 Å². The number of nitrogens with one attached hydrogen (secondary N) is 1. The molecule has 8 heteroatoms. The Kier molecular flexibility index (Phi) is 4.12. The summed E-state index contributed by atoms with van der Waals surface area (Å²) in [6.07, 6.45) is 0. The number of ether oxygens (including phenoxy) is 1. The molecule has 1 aromatic heterocycles. The summed E-state index contributed by atoms with van der Waals surface area (Å²) < 4.78 is 45.4. The van der Waals surface area contributed by atoms with E-state index in [9.17, 15) is 12.8 Å². The fraction of sp³-hybridized carbons (Fsp3) is 0.0909. The Morgan fingerprint density at radius 1 is 1.32 bits per heavy atom. The zero-order valence-electron chi connectivity index (χ0n) is 9.68. The van der Waals surface area contributed by atoms with Crippen molar-refractivity contribution in [2.45, 2.75) is 4.21 Å². The van der Waals surface area contributed by atoms with Crippen molar-refractivity contribution in [1.29, 1.82) is 0 Å². The number of benzene rings is 1. The average molecular weight is 366 g/mol. The van der Waals surface area contributed by atoms with E-state index in [1.165, 1.54) is 25.3 Å². The highest BCUT2D eigenvalue weighted by Gasteiger charge is 2.17. The van der Waals surface area contributed by atoms with E-state index in [0.717, 1.165) is 17.4 Å². The van der Waals surface area contributed by atoms with Crippen molar-refractivity contribution >= 4 is 43.0 Å². The quantitative estimate of drug-likeness (QED) is 0.902. The van der Waals surface area contributed by atoms with E-state index in [1.54, 1.807) is 6.07 Å². The number of halogens is 2. The van der Waals surface area contributed by atoms with Gasteiger partial charge in [0.25, 0.3) is 10.0 Å². The summed E-state index contributed by atoms with van der Waals surface area (Å²) in [6, 6.07) is 6.75. The molecule has 0 fully saturated rings. The van der Waals surface area contributed by atoms with Gasteiger partial charge in [-0.15, -0.1) is 11.3 Å². The summed E-state index contributed by atoms with van der Waals surface area (Å²) in [5.41, 5.74) is 0.112. The van der Waals surface area contributed by atoms with Gasteiger partial charge >= 0.3 is 0 Å². The van der Waals surface area contributed by atoms with Crippen LogP contribution in [-0.4, -0.2) is 15.5 Å². The van der Waals surface area contributed by atoms with Crippen LogP contribution in [0.3, 0.4) is 0 Å². The van der Waals surface area contributed by atoms with Crippen LogP contribution in [-0.2, 0) is 10.0 Å². The first-order valence-electron chi connectivity index (χ1n) is 5.03. The number of hydrogen-bond donors (Lipinski definition) is 1. The van der Waals surface area contributed by atoms with Gasteiger partial charge in [0.1, 0.15) is 15.8 Å². The molecule has 0 aliphatic heterocycles. The number of methoxy groups -OCH3 is 1. The summed E-state index contributed by atoms with van der Waals surface area (Å²) in [7, 11) is -2.34. The Hall–Kier alpha value is -1.12. The van der Waals surface area contributed by atoms with Crippen molar-refractivity contribution in [1.82, 2.24) is 0 Å². The molecule has 2 rings (SSSR count).